The molecule has 0 saturated carbocycles. The van der Waals surface area contributed by atoms with Crippen molar-refractivity contribution in [2.75, 3.05) is 44.7 Å². The van der Waals surface area contributed by atoms with E-state index in [1.54, 1.807) is 6.33 Å². The Kier molecular flexibility index (Phi) is 8.38. The van der Waals surface area contributed by atoms with Gasteiger partial charge in [0.25, 0.3) is 5.91 Å². The number of fused-ring (bicyclic) bond motifs is 1. The van der Waals surface area contributed by atoms with E-state index in [2.05, 4.69) is 38.4 Å². The first-order valence-electron chi connectivity index (χ1n) is 13.8. The number of pyridine rings is 1. The minimum absolute atomic E-state index is 0.341. The summed E-state index contributed by atoms with van der Waals surface area (Å²) in [5.74, 6) is 0.702. The molecule has 3 N–H and O–H groups in total. The van der Waals surface area contributed by atoms with Gasteiger partial charge in [0.1, 0.15) is 33.9 Å². The van der Waals surface area contributed by atoms with E-state index < -0.39 is 5.91 Å². The fourth-order valence-corrected chi connectivity index (χ4v) is 6.26. The van der Waals surface area contributed by atoms with E-state index >= 15 is 0 Å². The van der Waals surface area contributed by atoms with Crippen LogP contribution in [0.5, 0.6) is 5.75 Å². The molecule has 0 spiro atoms. The molecule has 5 aromatic rings. The number of hydrogen-bond donors (Lipinski definition) is 2. The number of nitrogens with two attached hydrogens (primary N) is 1. The van der Waals surface area contributed by atoms with Gasteiger partial charge in [0.2, 0.25) is 0 Å². The molecule has 2 aromatic carbocycles. The van der Waals surface area contributed by atoms with Crippen molar-refractivity contribution < 1.29 is 14.3 Å². The summed E-state index contributed by atoms with van der Waals surface area (Å²) in [6, 6.07) is 19.5. The van der Waals surface area contributed by atoms with E-state index in [9.17, 15) is 4.79 Å². The largest absolute Gasteiger partial charge is 0.484 e. The van der Waals surface area contributed by atoms with E-state index in [-0.39, 0.29) is 6.10 Å². The minimum atomic E-state index is -0.550. The molecule has 1 saturated heterocycles. The molecule has 0 bridgehead atoms. The van der Waals surface area contributed by atoms with Gasteiger partial charge in [0.05, 0.1) is 24.2 Å². The van der Waals surface area contributed by atoms with E-state index in [4.69, 9.17) is 26.8 Å². The highest BCUT2D eigenvalue weighted by Crippen LogP contribution is 2.37. The van der Waals surface area contributed by atoms with Crippen LogP contribution in [0.15, 0.2) is 73.2 Å². The van der Waals surface area contributed by atoms with Crippen LogP contribution in [0.1, 0.15) is 28.3 Å². The van der Waals surface area contributed by atoms with Crippen LogP contribution >= 0.6 is 22.9 Å². The van der Waals surface area contributed by atoms with Crippen LogP contribution in [0.2, 0.25) is 5.02 Å². The summed E-state index contributed by atoms with van der Waals surface area (Å²) < 4.78 is 13.6. The molecule has 1 atom stereocenters. The molecule has 3 aromatic heterocycles. The maximum atomic E-state index is 12.3. The molecule has 0 radical (unpaired) electrons. The van der Waals surface area contributed by atoms with Crippen LogP contribution in [0, 0.1) is 0 Å². The molecule has 1 aliphatic heterocycles. The van der Waals surface area contributed by atoms with Crippen LogP contribution in [0.3, 0.4) is 0 Å². The highest BCUT2D eigenvalue weighted by atomic mass is 35.5. The van der Waals surface area contributed by atoms with Gasteiger partial charge in [-0.05, 0) is 48.4 Å². The Morgan fingerprint density at radius 1 is 1.12 bits per heavy atom. The topological polar surface area (TPSA) is 108 Å². The lowest BCUT2D eigenvalue weighted by molar-refractivity contribution is 0.0398. The molecule has 6 rings (SSSR count). The Morgan fingerprint density at radius 2 is 1.93 bits per heavy atom. The zero-order chi connectivity index (χ0) is 29.1. The van der Waals surface area contributed by atoms with Crippen molar-refractivity contribution in [1.82, 2.24) is 19.4 Å². The summed E-state index contributed by atoms with van der Waals surface area (Å²) in [4.78, 5) is 24.2. The first-order valence-corrected chi connectivity index (χ1v) is 15.0. The Balaban J connectivity index is 1.21. The zero-order valence-electron chi connectivity index (χ0n) is 23.1. The summed E-state index contributed by atoms with van der Waals surface area (Å²) >= 11 is 7.63. The van der Waals surface area contributed by atoms with Crippen molar-refractivity contribution in [2.24, 2.45) is 5.73 Å². The summed E-state index contributed by atoms with van der Waals surface area (Å²) in [6.07, 6.45) is 3.19. The first-order chi connectivity index (χ1) is 20.5. The summed E-state index contributed by atoms with van der Waals surface area (Å²) in [5, 5.41) is 4.81. The molecule has 1 fully saturated rings. The fraction of sp³-hybridized carbons (Fsp3) is 0.258. The van der Waals surface area contributed by atoms with E-state index in [0.717, 1.165) is 77.9 Å². The maximum Gasteiger partial charge on any atom is 0.262 e. The molecule has 216 valence electrons. The number of morpholine rings is 1. The van der Waals surface area contributed by atoms with Crippen LogP contribution in [-0.2, 0) is 4.74 Å². The number of primary amides is 1. The lowest BCUT2D eigenvalue weighted by Gasteiger charge is -2.26. The molecule has 1 aliphatic rings. The smallest absolute Gasteiger partial charge is 0.262 e. The number of benzene rings is 2. The molecular weight excluding hydrogens is 572 g/mol. The Labute approximate surface area is 252 Å². The first kappa shape index (κ1) is 28.2. The number of nitrogens with zero attached hydrogens (tertiary/aromatic N) is 4. The Hall–Kier alpha value is -3.96. The second kappa shape index (κ2) is 12.5. The van der Waals surface area contributed by atoms with Crippen molar-refractivity contribution in [3.8, 4) is 21.9 Å². The summed E-state index contributed by atoms with van der Waals surface area (Å²) in [6.45, 7) is 7.17. The van der Waals surface area contributed by atoms with E-state index in [1.165, 1.54) is 11.3 Å². The van der Waals surface area contributed by atoms with Gasteiger partial charge in [-0.2, -0.15) is 0 Å². The van der Waals surface area contributed by atoms with Crippen LogP contribution < -0.4 is 15.8 Å². The van der Waals surface area contributed by atoms with Gasteiger partial charge in [-0.3, -0.25) is 14.3 Å². The lowest BCUT2D eigenvalue weighted by atomic mass is 10.1. The predicted octanol–water partition coefficient (Wildman–Crippen LogP) is 5.79. The number of imidazole rings is 1. The van der Waals surface area contributed by atoms with Crippen molar-refractivity contribution >= 4 is 45.7 Å². The Bertz CT molecular complexity index is 1710. The number of carbonyl (C=O) groups is 1. The normalized spacial score (nSPS) is 14.6. The number of anilines is 1. The average Bonchev–Trinajstić information content (AvgIpc) is 3.62. The van der Waals surface area contributed by atoms with Gasteiger partial charge in [-0.25, -0.2) is 9.97 Å². The third-order valence-electron chi connectivity index (χ3n) is 7.27. The fourth-order valence-electron chi connectivity index (χ4n) is 5.04. The summed E-state index contributed by atoms with van der Waals surface area (Å²) in [5.41, 5.74) is 10.4. The van der Waals surface area contributed by atoms with Gasteiger partial charge >= 0.3 is 0 Å². The minimum Gasteiger partial charge on any atom is -0.484 e. The third kappa shape index (κ3) is 6.12. The number of amides is 1. The Morgan fingerprint density at radius 3 is 2.74 bits per heavy atom. The monoisotopic (exact) mass is 602 g/mol. The van der Waals surface area contributed by atoms with Gasteiger partial charge in [-0.1, -0.05) is 35.9 Å². The van der Waals surface area contributed by atoms with E-state index in [1.807, 2.05) is 60.2 Å². The van der Waals surface area contributed by atoms with Gasteiger partial charge in [0.15, 0.2) is 0 Å². The summed E-state index contributed by atoms with van der Waals surface area (Å²) in [7, 11) is 0. The number of halogens is 1. The molecule has 1 unspecified atom stereocenters. The standard InChI is InChI=1S/C31H31ClN6O3S/c1-20(23-4-2-3-5-24(23)32)41-27-18-29(42-30(27)31(33)39)38-19-36-25-16-21(6-7-26(25)38)22-8-9-34-28(17-22)35-10-11-37-12-14-40-15-13-37/h2-9,16-20H,10-15H2,1H3,(H2,33,39)(H,34,35). The number of carbonyl (C=O) groups excluding carboxylic acids is 1. The van der Waals surface area contributed by atoms with Crippen molar-refractivity contribution in [3.05, 3.63) is 88.7 Å². The van der Waals surface area contributed by atoms with Crippen molar-refractivity contribution in [2.45, 2.75) is 13.0 Å². The predicted molar refractivity (Wildman–Crippen MR) is 167 cm³/mol. The molecule has 0 aliphatic carbocycles. The maximum absolute atomic E-state index is 12.3. The lowest BCUT2D eigenvalue weighted by Crippen LogP contribution is -2.39. The van der Waals surface area contributed by atoms with E-state index in [0.29, 0.717) is 15.6 Å². The average molecular weight is 603 g/mol. The van der Waals surface area contributed by atoms with Crippen LogP contribution in [0.25, 0.3) is 27.2 Å². The SMILES string of the molecule is CC(Oc1cc(-n2cnc3cc(-c4ccnc(NCCN5CCOCC5)c4)ccc32)sc1C(N)=O)c1ccccc1Cl. The molecule has 4 heterocycles. The molecule has 1 amide bonds. The number of ether oxygens (including phenoxy) is 2. The van der Waals surface area contributed by atoms with Crippen molar-refractivity contribution in [3.63, 3.8) is 0 Å². The van der Waals surface area contributed by atoms with Crippen LogP contribution in [-0.4, -0.2) is 64.7 Å². The number of thiophene rings is 1. The molecular formula is C31H31ClN6O3S. The highest BCUT2D eigenvalue weighted by Gasteiger charge is 2.21. The quantitative estimate of drug-likeness (QED) is 0.208. The van der Waals surface area contributed by atoms with Crippen molar-refractivity contribution in [1.29, 1.82) is 0 Å². The van der Waals surface area contributed by atoms with Gasteiger partial charge in [-0.15, -0.1) is 11.3 Å². The highest BCUT2D eigenvalue weighted by molar-refractivity contribution is 7.16. The number of aromatic nitrogens is 3. The van der Waals surface area contributed by atoms with Gasteiger partial charge < -0.3 is 20.5 Å². The third-order valence-corrected chi connectivity index (χ3v) is 8.75. The number of hydrogen-bond acceptors (Lipinski definition) is 8. The zero-order valence-corrected chi connectivity index (χ0v) is 24.7. The van der Waals surface area contributed by atoms with Gasteiger partial charge in [0, 0.05) is 49.0 Å². The second-order valence-corrected chi connectivity index (χ2v) is 11.5. The van der Waals surface area contributed by atoms with Crippen LogP contribution in [0.4, 0.5) is 5.82 Å². The molecule has 42 heavy (non-hydrogen) atoms. The number of nitrogens with one attached hydrogen (secondary N) is 1. The molecule has 9 nitrogen and oxygen atoms in total. The number of rotatable bonds is 10. The second-order valence-electron chi connectivity index (χ2n) is 10.1. The molecule has 11 heteroatoms.